The summed E-state index contributed by atoms with van der Waals surface area (Å²) in [7, 11) is -4.77. The Bertz CT molecular complexity index is 1310. The number of nitrogens with one attached hydrogen (secondary N) is 1. The summed E-state index contributed by atoms with van der Waals surface area (Å²) in [5, 5.41) is 21.9. The fourth-order valence-corrected chi connectivity index (χ4v) is 7.60. The van der Waals surface area contributed by atoms with Crippen LogP contribution in [0.1, 0.15) is 219 Å². The average molecular weight is 922 g/mol. The van der Waals surface area contributed by atoms with Gasteiger partial charge in [-0.25, -0.2) is 9.36 Å². The third kappa shape index (κ3) is 45.7. The molecule has 0 aliphatic rings. The number of carbonyl (C=O) groups is 3. The van der Waals surface area contributed by atoms with Crippen LogP contribution in [-0.4, -0.2) is 64.9 Å². The molecule has 0 aromatic carbocycles. The van der Waals surface area contributed by atoms with Gasteiger partial charge < -0.3 is 25.2 Å². The van der Waals surface area contributed by atoms with Crippen molar-refractivity contribution >= 4 is 25.7 Å². The fraction of sp³-hybridized carbons (Fsp3) is 0.750. The number of hydrogen-bond donors (Lipinski definition) is 4. The lowest BCUT2D eigenvalue weighted by molar-refractivity contribution is -0.147. The fourth-order valence-electron chi connectivity index (χ4n) is 6.82. The summed E-state index contributed by atoms with van der Waals surface area (Å²) in [4.78, 5) is 46.1. The van der Waals surface area contributed by atoms with E-state index in [-0.39, 0.29) is 12.8 Å². The molecule has 0 spiro atoms. The molecule has 0 radical (unpaired) electrons. The summed E-state index contributed by atoms with van der Waals surface area (Å²) in [5.74, 6) is -2.39. The van der Waals surface area contributed by atoms with Crippen LogP contribution in [0, 0.1) is 0 Å². The second kappa shape index (κ2) is 46.7. The molecule has 0 aliphatic heterocycles. The Kier molecular flexibility index (Phi) is 44.6. The highest BCUT2D eigenvalue weighted by atomic mass is 31.2. The maximum absolute atomic E-state index is 12.4. The number of esters is 1. The Labute approximate surface area is 389 Å². The van der Waals surface area contributed by atoms with Gasteiger partial charge in [-0.2, -0.15) is 0 Å². The van der Waals surface area contributed by atoms with Gasteiger partial charge >= 0.3 is 19.8 Å². The monoisotopic (exact) mass is 922 g/mol. The molecule has 11 nitrogen and oxygen atoms in total. The smallest absolute Gasteiger partial charge is 0.472 e. The van der Waals surface area contributed by atoms with Crippen molar-refractivity contribution < 1.29 is 47.8 Å². The minimum Gasteiger partial charge on any atom is -0.480 e. The van der Waals surface area contributed by atoms with Crippen molar-refractivity contribution in [2.45, 2.75) is 231 Å². The first kappa shape index (κ1) is 61.2. The minimum atomic E-state index is -4.77. The van der Waals surface area contributed by atoms with Crippen molar-refractivity contribution in [3.05, 3.63) is 60.8 Å². The highest BCUT2D eigenvalue weighted by molar-refractivity contribution is 7.47. The maximum atomic E-state index is 12.4. The number of carbonyl (C=O) groups excluding carboxylic acids is 2. The van der Waals surface area contributed by atoms with Gasteiger partial charge in [0.25, 0.3) is 0 Å². The van der Waals surface area contributed by atoms with Crippen LogP contribution in [0.5, 0.6) is 0 Å². The lowest BCUT2D eigenvalue weighted by Gasteiger charge is -2.18. The molecule has 3 atom stereocenters. The molecule has 0 saturated heterocycles. The predicted molar refractivity (Wildman–Crippen MR) is 263 cm³/mol. The molecular weight excluding hydrogens is 830 g/mol. The molecule has 0 bridgehead atoms. The first-order chi connectivity index (χ1) is 31.1. The topological polar surface area (TPSA) is 169 Å². The molecule has 0 fully saturated rings. The summed E-state index contributed by atoms with van der Waals surface area (Å²) in [6.45, 7) is 2.55. The van der Waals surface area contributed by atoms with E-state index >= 15 is 0 Å². The highest BCUT2D eigenvalue weighted by Gasteiger charge is 2.28. The van der Waals surface area contributed by atoms with Crippen molar-refractivity contribution in [2.24, 2.45) is 0 Å². The zero-order valence-electron chi connectivity index (χ0n) is 40.3. The molecule has 0 heterocycles. The standard InChI is InChI=1S/C52H92NO10P/c1-3-5-7-9-11-13-15-17-19-21-23-24-26-28-30-32-34-36-38-40-42-44-51(56)61-45-48(54)46-62-64(59,60)63-47-49(52(57)58)53-50(55)43-41-39-37-35-33-31-29-27-25-22-20-18-16-14-12-10-8-6-4-2/h11-14,17-20,25,27,48-49,54H,3-10,15-16,21-24,26,28-47H2,1-2H3,(H,53,55)(H,57,58)(H,59,60)/b13-11-,14-12-,19-17-,20-18-,27-25-. The summed E-state index contributed by atoms with van der Waals surface area (Å²) in [6, 6.07) is -1.56. The number of amides is 1. The van der Waals surface area contributed by atoms with E-state index in [0.29, 0.717) is 12.8 Å². The SMILES string of the molecule is CCCCC/C=C\C/C=C\C/C=C\CCCCCCCCC(=O)NC(COP(=O)(O)OCC(O)COC(=O)CCCCCCCCCCCCC/C=C\C/C=C\CCCCC)C(=O)O. The van der Waals surface area contributed by atoms with Crippen LogP contribution in [0.25, 0.3) is 0 Å². The number of phosphoric ester groups is 1. The number of phosphoric acid groups is 1. The van der Waals surface area contributed by atoms with Crippen LogP contribution >= 0.6 is 7.82 Å². The molecule has 64 heavy (non-hydrogen) atoms. The van der Waals surface area contributed by atoms with Gasteiger partial charge in [0.05, 0.1) is 13.2 Å². The lowest BCUT2D eigenvalue weighted by atomic mass is 10.0. The van der Waals surface area contributed by atoms with Crippen molar-refractivity contribution in [1.29, 1.82) is 0 Å². The van der Waals surface area contributed by atoms with Crippen molar-refractivity contribution in [1.82, 2.24) is 5.32 Å². The first-order valence-electron chi connectivity index (χ1n) is 25.3. The Morgan fingerprint density at radius 3 is 1.28 bits per heavy atom. The van der Waals surface area contributed by atoms with Crippen molar-refractivity contribution in [3.63, 3.8) is 0 Å². The molecule has 0 rings (SSSR count). The van der Waals surface area contributed by atoms with E-state index in [1.165, 1.54) is 103 Å². The Balaban J connectivity index is 3.86. The van der Waals surface area contributed by atoms with E-state index in [1.807, 2.05) is 0 Å². The second-order valence-corrected chi connectivity index (χ2v) is 18.5. The first-order valence-corrected chi connectivity index (χ1v) is 26.8. The summed E-state index contributed by atoms with van der Waals surface area (Å²) in [6.07, 6.45) is 55.2. The molecule has 370 valence electrons. The third-order valence-corrected chi connectivity index (χ3v) is 11.7. The van der Waals surface area contributed by atoms with Crippen LogP contribution in [0.2, 0.25) is 0 Å². The number of ether oxygens (including phenoxy) is 1. The van der Waals surface area contributed by atoms with Gasteiger partial charge in [0.1, 0.15) is 12.7 Å². The number of rotatable bonds is 47. The van der Waals surface area contributed by atoms with E-state index in [4.69, 9.17) is 13.8 Å². The molecule has 0 saturated carbocycles. The van der Waals surface area contributed by atoms with Crippen LogP contribution in [0.15, 0.2) is 60.8 Å². The summed E-state index contributed by atoms with van der Waals surface area (Å²) < 4.78 is 26.9. The number of carboxylic acids is 1. The lowest BCUT2D eigenvalue weighted by Crippen LogP contribution is -2.43. The van der Waals surface area contributed by atoms with Crippen LogP contribution in [0.3, 0.4) is 0 Å². The molecule has 12 heteroatoms. The molecule has 0 aliphatic carbocycles. The van der Waals surface area contributed by atoms with Crippen molar-refractivity contribution in [3.8, 4) is 0 Å². The number of unbranched alkanes of at least 4 members (excludes halogenated alkanes) is 23. The third-order valence-electron chi connectivity index (χ3n) is 10.8. The van der Waals surface area contributed by atoms with Crippen LogP contribution in [-0.2, 0) is 32.7 Å². The van der Waals surface area contributed by atoms with Gasteiger partial charge in [-0.05, 0) is 83.5 Å². The van der Waals surface area contributed by atoms with Crippen molar-refractivity contribution in [2.75, 3.05) is 19.8 Å². The Morgan fingerprint density at radius 1 is 0.500 bits per heavy atom. The zero-order chi connectivity index (χ0) is 47.0. The molecule has 1 amide bonds. The number of aliphatic hydroxyl groups is 1. The molecule has 3 unspecified atom stereocenters. The van der Waals surface area contributed by atoms with E-state index < -0.39 is 57.6 Å². The summed E-state index contributed by atoms with van der Waals surface area (Å²) >= 11 is 0. The van der Waals surface area contributed by atoms with Gasteiger partial charge in [-0.3, -0.25) is 18.6 Å². The molecule has 4 N–H and O–H groups in total. The van der Waals surface area contributed by atoms with Gasteiger partial charge in [0.15, 0.2) is 6.04 Å². The van der Waals surface area contributed by atoms with E-state index in [2.05, 4.69) is 79.9 Å². The van der Waals surface area contributed by atoms with E-state index in [9.17, 15) is 34.1 Å². The maximum Gasteiger partial charge on any atom is 0.472 e. The van der Waals surface area contributed by atoms with Gasteiger partial charge in [0.2, 0.25) is 5.91 Å². The zero-order valence-corrected chi connectivity index (χ0v) is 41.2. The number of carboxylic acid groups (broad SMARTS) is 1. The minimum absolute atomic E-state index is 0.129. The summed E-state index contributed by atoms with van der Waals surface area (Å²) in [5.41, 5.74) is 0. The Hall–Kier alpha value is -2.82. The number of hydrogen-bond acceptors (Lipinski definition) is 8. The predicted octanol–water partition coefficient (Wildman–Crippen LogP) is 13.9. The van der Waals surface area contributed by atoms with E-state index in [0.717, 1.165) is 77.0 Å². The Morgan fingerprint density at radius 2 is 0.859 bits per heavy atom. The van der Waals surface area contributed by atoms with Gasteiger partial charge in [0, 0.05) is 12.8 Å². The molecule has 0 aromatic rings. The number of aliphatic hydroxyl groups excluding tert-OH is 1. The van der Waals surface area contributed by atoms with Gasteiger partial charge in [-0.15, -0.1) is 0 Å². The quantitative estimate of drug-likeness (QED) is 0.0199. The average Bonchev–Trinajstić information content (AvgIpc) is 3.27. The molecule has 0 aromatic heterocycles. The van der Waals surface area contributed by atoms with Gasteiger partial charge in [-0.1, -0.05) is 184 Å². The van der Waals surface area contributed by atoms with E-state index in [1.54, 1.807) is 0 Å². The largest absolute Gasteiger partial charge is 0.480 e. The molecular formula is C52H92NO10P. The number of allylic oxidation sites excluding steroid dienone is 10. The normalized spacial score (nSPS) is 14.1. The highest BCUT2D eigenvalue weighted by Crippen LogP contribution is 2.43. The second-order valence-electron chi connectivity index (χ2n) is 17.0. The number of aliphatic carboxylic acids is 1. The van der Waals surface area contributed by atoms with Crippen LogP contribution in [0.4, 0.5) is 0 Å². The van der Waals surface area contributed by atoms with Crippen LogP contribution < -0.4 is 5.32 Å².